The lowest BCUT2D eigenvalue weighted by atomic mass is 10.3. The van der Waals surface area contributed by atoms with E-state index in [-0.39, 0.29) is 0 Å². The quantitative estimate of drug-likeness (QED) is 0.826. The Labute approximate surface area is 127 Å². The summed E-state index contributed by atoms with van der Waals surface area (Å²) in [4.78, 5) is 1.70. The molecule has 0 aliphatic carbocycles. The van der Waals surface area contributed by atoms with Crippen molar-refractivity contribution in [2.24, 2.45) is 0 Å². The molecule has 2 rings (SSSR count). The molecule has 0 aliphatic heterocycles. The molecule has 102 valence electrons. The summed E-state index contributed by atoms with van der Waals surface area (Å²) in [5.41, 5.74) is 6.43. The number of nitrogen functional groups attached to an aromatic ring is 1. The van der Waals surface area contributed by atoms with Gasteiger partial charge in [-0.1, -0.05) is 0 Å². The fourth-order valence-electron chi connectivity index (χ4n) is 1.60. The van der Waals surface area contributed by atoms with E-state index in [1.807, 2.05) is 19.1 Å². The SMILES string of the molecule is CCOc1ccc(N)c(S(=O)Cc2ccc(Br)s2)c1. The van der Waals surface area contributed by atoms with Crippen LogP contribution in [0, 0.1) is 0 Å². The van der Waals surface area contributed by atoms with E-state index in [1.165, 1.54) is 0 Å². The zero-order valence-electron chi connectivity index (χ0n) is 10.4. The average Bonchev–Trinajstić information content (AvgIpc) is 2.77. The van der Waals surface area contributed by atoms with Gasteiger partial charge in [0.05, 0.1) is 31.8 Å². The smallest absolute Gasteiger partial charge is 0.120 e. The van der Waals surface area contributed by atoms with E-state index in [9.17, 15) is 4.21 Å². The number of ether oxygens (including phenoxy) is 1. The van der Waals surface area contributed by atoms with E-state index in [4.69, 9.17) is 10.5 Å². The lowest BCUT2D eigenvalue weighted by molar-refractivity contribution is 0.339. The Morgan fingerprint density at radius 2 is 2.16 bits per heavy atom. The molecule has 0 aliphatic rings. The molecular formula is C13H14BrNO2S2. The first-order valence-electron chi connectivity index (χ1n) is 5.75. The normalized spacial score (nSPS) is 12.3. The van der Waals surface area contributed by atoms with Crippen LogP contribution in [0.3, 0.4) is 0 Å². The predicted molar refractivity (Wildman–Crippen MR) is 84.2 cm³/mol. The van der Waals surface area contributed by atoms with E-state index < -0.39 is 10.8 Å². The number of benzene rings is 1. The lowest BCUT2D eigenvalue weighted by Crippen LogP contribution is -2.01. The fourth-order valence-corrected chi connectivity index (χ4v) is 4.53. The van der Waals surface area contributed by atoms with Crippen molar-refractivity contribution >= 4 is 43.8 Å². The molecule has 3 nitrogen and oxygen atoms in total. The molecule has 1 heterocycles. The van der Waals surface area contributed by atoms with Gasteiger partial charge in [-0.15, -0.1) is 11.3 Å². The molecule has 0 radical (unpaired) electrons. The van der Waals surface area contributed by atoms with Gasteiger partial charge >= 0.3 is 0 Å². The molecule has 0 amide bonds. The first-order chi connectivity index (χ1) is 9.10. The maximum absolute atomic E-state index is 12.4. The van der Waals surface area contributed by atoms with Crippen molar-refractivity contribution in [3.8, 4) is 5.75 Å². The number of thiophene rings is 1. The van der Waals surface area contributed by atoms with Gasteiger partial charge in [0.1, 0.15) is 5.75 Å². The molecule has 1 unspecified atom stereocenters. The van der Waals surface area contributed by atoms with Gasteiger partial charge in [0, 0.05) is 10.6 Å². The summed E-state index contributed by atoms with van der Waals surface area (Å²) < 4.78 is 18.8. The van der Waals surface area contributed by atoms with Crippen LogP contribution in [-0.4, -0.2) is 10.8 Å². The van der Waals surface area contributed by atoms with E-state index in [0.717, 1.165) is 8.66 Å². The van der Waals surface area contributed by atoms with Gasteiger partial charge in [-0.2, -0.15) is 0 Å². The van der Waals surface area contributed by atoms with Crippen LogP contribution in [-0.2, 0) is 16.6 Å². The number of anilines is 1. The summed E-state index contributed by atoms with van der Waals surface area (Å²) in [5.74, 6) is 1.17. The largest absolute Gasteiger partial charge is 0.494 e. The lowest BCUT2D eigenvalue weighted by Gasteiger charge is -2.08. The number of hydrogen-bond donors (Lipinski definition) is 1. The van der Waals surface area contributed by atoms with Crippen LogP contribution in [0.15, 0.2) is 39.0 Å². The summed E-state index contributed by atoms with van der Waals surface area (Å²) >= 11 is 4.98. The highest BCUT2D eigenvalue weighted by Gasteiger charge is 2.11. The minimum absolute atomic E-state index is 0.468. The third kappa shape index (κ3) is 3.81. The maximum atomic E-state index is 12.4. The monoisotopic (exact) mass is 359 g/mol. The van der Waals surface area contributed by atoms with Crippen molar-refractivity contribution in [1.82, 2.24) is 0 Å². The molecule has 1 atom stereocenters. The van der Waals surface area contributed by atoms with Crippen LogP contribution in [0.2, 0.25) is 0 Å². The van der Waals surface area contributed by atoms with Crippen LogP contribution in [0.4, 0.5) is 5.69 Å². The van der Waals surface area contributed by atoms with Crippen molar-refractivity contribution in [1.29, 1.82) is 0 Å². The van der Waals surface area contributed by atoms with Crippen LogP contribution >= 0.6 is 27.3 Å². The van der Waals surface area contributed by atoms with Crippen LogP contribution in [0.25, 0.3) is 0 Å². The molecule has 0 fully saturated rings. The topological polar surface area (TPSA) is 52.3 Å². The highest BCUT2D eigenvalue weighted by Crippen LogP contribution is 2.28. The second-order valence-electron chi connectivity index (χ2n) is 3.83. The second kappa shape index (κ2) is 6.54. The molecule has 2 aromatic rings. The Bertz CT molecular complexity index is 598. The molecule has 19 heavy (non-hydrogen) atoms. The summed E-state index contributed by atoms with van der Waals surface area (Å²) in [6.45, 7) is 2.49. The fraction of sp³-hybridized carbons (Fsp3) is 0.231. The van der Waals surface area contributed by atoms with E-state index in [0.29, 0.717) is 28.7 Å². The van der Waals surface area contributed by atoms with Gasteiger partial charge in [-0.05, 0) is 53.2 Å². The third-order valence-electron chi connectivity index (χ3n) is 2.44. The Balaban J connectivity index is 2.20. The number of halogens is 1. The minimum Gasteiger partial charge on any atom is -0.494 e. The van der Waals surface area contributed by atoms with E-state index in [1.54, 1.807) is 29.5 Å². The Hall–Kier alpha value is -0.850. The van der Waals surface area contributed by atoms with Crippen molar-refractivity contribution in [3.63, 3.8) is 0 Å². The molecule has 0 saturated carbocycles. The number of nitrogens with two attached hydrogens (primary N) is 1. The Morgan fingerprint density at radius 1 is 1.37 bits per heavy atom. The minimum atomic E-state index is -1.16. The molecule has 0 bridgehead atoms. The van der Waals surface area contributed by atoms with E-state index >= 15 is 0 Å². The predicted octanol–water partition coefficient (Wildman–Crippen LogP) is 3.80. The first-order valence-corrected chi connectivity index (χ1v) is 8.68. The van der Waals surface area contributed by atoms with Gasteiger partial charge in [-0.3, -0.25) is 4.21 Å². The Kier molecular flexibility index (Phi) is 5.01. The van der Waals surface area contributed by atoms with Gasteiger partial charge in [0.2, 0.25) is 0 Å². The molecular weight excluding hydrogens is 346 g/mol. The van der Waals surface area contributed by atoms with Gasteiger partial charge in [-0.25, -0.2) is 0 Å². The second-order valence-corrected chi connectivity index (χ2v) is 7.80. The Morgan fingerprint density at radius 3 is 2.79 bits per heavy atom. The molecule has 0 saturated heterocycles. The zero-order chi connectivity index (χ0) is 13.8. The van der Waals surface area contributed by atoms with Crippen LogP contribution in [0.1, 0.15) is 11.8 Å². The molecule has 1 aromatic heterocycles. The summed E-state index contributed by atoms with van der Waals surface area (Å²) in [6, 6.07) is 9.22. The summed E-state index contributed by atoms with van der Waals surface area (Å²) in [6.07, 6.45) is 0. The van der Waals surface area contributed by atoms with Crippen LogP contribution in [0.5, 0.6) is 5.75 Å². The zero-order valence-corrected chi connectivity index (χ0v) is 13.6. The highest BCUT2D eigenvalue weighted by atomic mass is 79.9. The van der Waals surface area contributed by atoms with Crippen LogP contribution < -0.4 is 10.5 Å². The van der Waals surface area contributed by atoms with E-state index in [2.05, 4.69) is 15.9 Å². The maximum Gasteiger partial charge on any atom is 0.120 e. The van der Waals surface area contributed by atoms with Crippen molar-refractivity contribution in [3.05, 3.63) is 39.0 Å². The standard InChI is InChI=1S/C13H14BrNO2S2/c1-2-17-9-3-5-11(15)12(7-9)19(16)8-10-4-6-13(14)18-10/h3-7H,2,8,15H2,1H3. The number of rotatable bonds is 5. The van der Waals surface area contributed by atoms with Crippen molar-refractivity contribution in [2.75, 3.05) is 12.3 Å². The molecule has 0 spiro atoms. The number of hydrogen-bond acceptors (Lipinski definition) is 4. The molecule has 2 N–H and O–H groups in total. The molecule has 6 heteroatoms. The van der Waals surface area contributed by atoms with Gasteiger partial charge < -0.3 is 10.5 Å². The van der Waals surface area contributed by atoms with Gasteiger partial charge in [0.25, 0.3) is 0 Å². The first kappa shape index (κ1) is 14.6. The third-order valence-corrected chi connectivity index (χ3v) is 5.67. The molecule has 1 aromatic carbocycles. The summed E-state index contributed by atoms with van der Waals surface area (Å²) in [5, 5.41) is 0. The van der Waals surface area contributed by atoms with Gasteiger partial charge in [0.15, 0.2) is 0 Å². The average molecular weight is 360 g/mol. The summed E-state index contributed by atoms with van der Waals surface area (Å²) in [7, 11) is -1.16. The highest BCUT2D eigenvalue weighted by molar-refractivity contribution is 9.11. The van der Waals surface area contributed by atoms with Crippen molar-refractivity contribution in [2.45, 2.75) is 17.6 Å². The van der Waals surface area contributed by atoms with Crippen molar-refractivity contribution < 1.29 is 8.95 Å².